The first-order valence-corrected chi connectivity index (χ1v) is 7.88. The molecule has 0 unspecified atom stereocenters. The summed E-state index contributed by atoms with van der Waals surface area (Å²) in [6, 6.07) is 11.9. The Labute approximate surface area is 138 Å². The fraction of sp³-hybridized carbons (Fsp3) is 0.444. The minimum absolute atomic E-state index is 0.165. The maximum atomic E-state index is 12.6. The van der Waals surface area contributed by atoms with Crippen molar-refractivity contribution in [2.24, 2.45) is 0 Å². The summed E-state index contributed by atoms with van der Waals surface area (Å²) in [7, 11) is 5.73. The van der Waals surface area contributed by atoms with E-state index < -0.39 is 0 Å². The first kappa shape index (κ1) is 17.0. The van der Waals surface area contributed by atoms with Gasteiger partial charge in [-0.15, -0.1) is 0 Å². The number of carbonyl (C=O) groups is 1. The predicted molar refractivity (Wildman–Crippen MR) is 91.8 cm³/mol. The van der Waals surface area contributed by atoms with Crippen LogP contribution in [0.3, 0.4) is 0 Å². The molecule has 0 atom stereocenters. The van der Waals surface area contributed by atoms with E-state index in [-0.39, 0.29) is 17.5 Å². The lowest BCUT2D eigenvalue weighted by atomic mass is 10.0. The van der Waals surface area contributed by atoms with E-state index in [2.05, 4.69) is 11.9 Å². The average Bonchev–Trinajstić information content (AvgIpc) is 2.59. The number of amides is 1. The lowest BCUT2D eigenvalue weighted by Gasteiger charge is -2.35. The van der Waals surface area contributed by atoms with Gasteiger partial charge in [-0.1, -0.05) is 18.2 Å². The van der Waals surface area contributed by atoms with Gasteiger partial charge in [0.1, 0.15) is 11.6 Å². The number of anilines is 1. The third kappa shape index (κ3) is 4.33. The van der Waals surface area contributed by atoms with Gasteiger partial charge in [0, 0.05) is 32.0 Å². The van der Waals surface area contributed by atoms with Crippen LogP contribution in [-0.4, -0.2) is 56.0 Å². The number of nitriles is 1. The Kier molecular flexibility index (Phi) is 5.78. The molecule has 1 heterocycles. The summed E-state index contributed by atoms with van der Waals surface area (Å²) in [5, 5.41) is 9.38. The second-order valence-corrected chi connectivity index (χ2v) is 6.05. The minimum Gasteiger partial charge on any atom is -0.350 e. The Morgan fingerprint density at radius 3 is 2.43 bits per heavy atom. The molecule has 1 fully saturated rings. The normalized spacial score (nSPS) is 16.7. The van der Waals surface area contributed by atoms with Gasteiger partial charge in [-0.05, 0) is 45.1 Å². The van der Waals surface area contributed by atoms with Crippen LogP contribution < -0.4 is 4.90 Å². The number of benzene rings is 1. The van der Waals surface area contributed by atoms with Crippen LogP contribution in [0.25, 0.3) is 0 Å². The van der Waals surface area contributed by atoms with E-state index in [9.17, 15) is 10.1 Å². The molecule has 0 radical (unpaired) electrons. The second kappa shape index (κ2) is 7.80. The molecule has 0 N–H and O–H groups in total. The van der Waals surface area contributed by atoms with E-state index in [4.69, 9.17) is 0 Å². The van der Waals surface area contributed by atoms with Crippen LogP contribution in [0.1, 0.15) is 12.8 Å². The summed E-state index contributed by atoms with van der Waals surface area (Å²) in [5.41, 5.74) is 1.10. The van der Waals surface area contributed by atoms with Gasteiger partial charge in [0.15, 0.2) is 0 Å². The molecule has 1 amide bonds. The summed E-state index contributed by atoms with van der Waals surface area (Å²) in [6.07, 6.45) is 3.51. The van der Waals surface area contributed by atoms with Gasteiger partial charge in [0.05, 0.1) is 0 Å². The molecule has 1 aliphatic rings. The van der Waals surface area contributed by atoms with E-state index >= 15 is 0 Å². The zero-order chi connectivity index (χ0) is 16.8. The number of piperidine rings is 1. The maximum Gasteiger partial charge on any atom is 0.266 e. The molecule has 5 heteroatoms. The smallest absolute Gasteiger partial charge is 0.266 e. The number of rotatable bonds is 4. The first-order chi connectivity index (χ1) is 11.0. The van der Waals surface area contributed by atoms with Crippen molar-refractivity contribution in [3.63, 3.8) is 0 Å². The van der Waals surface area contributed by atoms with Crippen molar-refractivity contribution in [3.8, 4) is 6.07 Å². The molecule has 0 saturated carbocycles. The molecule has 1 aliphatic heterocycles. The highest BCUT2D eigenvalue weighted by molar-refractivity contribution is 5.97. The van der Waals surface area contributed by atoms with Crippen LogP contribution in [-0.2, 0) is 4.79 Å². The lowest BCUT2D eigenvalue weighted by molar-refractivity contribution is -0.128. The zero-order valence-electron chi connectivity index (χ0n) is 14.1. The van der Waals surface area contributed by atoms with Crippen LogP contribution in [0.5, 0.6) is 0 Å². The van der Waals surface area contributed by atoms with E-state index in [1.165, 1.54) is 0 Å². The molecule has 0 aliphatic carbocycles. The van der Waals surface area contributed by atoms with Crippen LogP contribution in [0, 0.1) is 11.3 Å². The fourth-order valence-corrected chi connectivity index (χ4v) is 2.80. The first-order valence-electron chi connectivity index (χ1n) is 7.88. The van der Waals surface area contributed by atoms with Crippen molar-refractivity contribution < 1.29 is 4.79 Å². The molecule has 23 heavy (non-hydrogen) atoms. The molecule has 0 spiro atoms. The van der Waals surface area contributed by atoms with Gasteiger partial charge >= 0.3 is 0 Å². The third-order valence-corrected chi connectivity index (χ3v) is 4.39. The Morgan fingerprint density at radius 1 is 1.26 bits per heavy atom. The monoisotopic (exact) mass is 312 g/mol. The van der Waals surface area contributed by atoms with Gasteiger partial charge in [-0.2, -0.15) is 5.26 Å². The highest BCUT2D eigenvalue weighted by atomic mass is 16.2. The van der Waals surface area contributed by atoms with Gasteiger partial charge < -0.3 is 14.7 Å². The molecule has 1 aromatic carbocycles. The van der Waals surface area contributed by atoms with Crippen molar-refractivity contribution in [1.82, 2.24) is 9.80 Å². The Bertz CT molecular complexity index is 597. The van der Waals surface area contributed by atoms with Gasteiger partial charge in [0.25, 0.3) is 5.91 Å². The third-order valence-electron chi connectivity index (χ3n) is 4.39. The summed E-state index contributed by atoms with van der Waals surface area (Å²) >= 11 is 0. The van der Waals surface area contributed by atoms with Crippen molar-refractivity contribution in [3.05, 3.63) is 42.1 Å². The summed E-state index contributed by atoms with van der Waals surface area (Å²) in [6.45, 7) is 1.97. The summed E-state index contributed by atoms with van der Waals surface area (Å²) in [5.74, 6) is -0.204. The Balaban J connectivity index is 2.09. The molecular weight excluding hydrogens is 288 g/mol. The summed E-state index contributed by atoms with van der Waals surface area (Å²) in [4.78, 5) is 18.4. The zero-order valence-corrected chi connectivity index (χ0v) is 14.1. The van der Waals surface area contributed by atoms with E-state index in [0.717, 1.165) is 31.6 Å². The molecular formula is C18H24N4O. The molecule has 5 nitrogen and oxygen atoms in total. The number of likely N-dealkylation sites (tertiary alicyclic amines) is 1. The SMILES string of the molecule is CN1CCC(N(C)C(=O)/C(C#N)=C\N(C)c2ccccc2)CC1. The van der Waals surface area contributed by atoms with E-state index in [1.54, 1.807) is 23.0 Å². The Morgan fingerprint density at radius 2 is 1.87 bits per heavy atom. The average molecular weight is 312 g/mol. The Hall–Kier alpha value is -2.32. The van der Waals surface area contributed by atoms with Gasteiger partial charge in [-0.25, -0.2) is 0 Å². The standard InChI is InChI=1S/C18H24N4O/c1-20-11-9-17(10-12-20)22(3)18(23)15(13-19)14-21(2)16-7-5-4-6-8-16/h4-8,14,17H,9-12H2,1-3H3/b15-14-. The molecule has 122 valence electrons. The van der Waals surface area contributed by atoms with Crippen molar-refractivity contribution in [1.29, 1.82) is 5.26 Å². The quantitative estimate of drug-likeness (QED) is 0.631. The van der Waals surface area contributed by atoms with Gasteiger partial charge in [-0.3, -0.25) is 4.79 Å². The lowest BCUT2D eigenvalue weighted by Crippen LogP contribution is -2.45. The number of para-hydroxylation sites is 1. The van der Waals surface area contributed by atoms with Crippen molar-refractivity contribution in [2.45, 2.75) is 18.9 Å². The minimum atomic E-state index is -0.204. The van der Waals surface area contributed by atoms with E-state index in [1.807, 2.05) is 43.4 Å². The highest BCUT2D eigenvalue weighted by Crippen LogP contribution is 2.17. The number of hydrogen-bond donors (Lipinski definition) is 0. The number of carbonyl (C=O) groups excluding carboxylic acids is 1. The van der Waals surface area contributed by atoms with Crippen LogP contribution in [0.4, 0.5) is 5.69 Å². The van der Waals surface area contributed by atoms with Crippen molar-refractivity contribution in [2.75, 3.05) is 39.1 Å². The number of nitrogens with zero attached hydrogens (tertiary/aromatic N) is 4. The largest absolute Gasteiger partial charge is 0.350 e. The number of hydrogen-bond acceptors (Lipinski definition) is 4. The fourth-order valence-electron chi connectivity index (χ4n) is 2.80. The van der Waals surface area contributed by atoms with Crippen molar-refractivity contribution >= 4 is 11.6 Å². The maximum absolute atomic E-state index is 12.6. The van der Waals surface area contributed by atoms with Crippen LogP contribution in [0.2, 0.25) is 0 Å². The molecule has 1 aromatic rings. The molecule has 2 rings (SSSR count). The highest BCUT2D eigenvalue weighted by Gasteiger charge is 2.26. The predicted octanol–water partition coefficient (Wildman–Crippen LogP) is 2.08. The summed E-state index contributed by atoms with van der Waals surface area (Å²) < 4.78 is 0. The second-order valence-electron chi connectivity index (χ2n) is 6.05. The number of likely N-dealkylation sites (N-methyl/N-ethyl adjacent to an activating group) is 1. The van der Waals surface area contributed by atoms with Crippen LogP contribution in [0.15, 0.2) is 42.1 Å². The molecule has 0 bridgehead atoms. The molecule has 1 saturated heterocycles. The van der Waals surface area contributed by atoms with Crippen LogP contribution >= 0.6 is 0 Å². The van der Waals surface area contributed by atoms with E-state index in [0.29, 0.717) is 0 Å². The van der Waals surface area contributed by atoms with Gasteiger partial charge in [0.2, 0.25) is 0 Å². The topological polar surface area (TPSA) is 50.6 Å². The molecule has 0 aromatic heterocycles.